The third-order valence-electron chi connectivity index (χ3n) is 2.79. The minimum atomic E-state index is -3.45. The molecule has 0 fully saturated rings. The van der Waals surface area contributed by atoms with Gasteiger partial charge in [-0.05, 0) is 23.4 Å². The summed E-state index contributed by atoms with van der Waals surface area (Å²) in [6.45, 7) is 7.10. The molecular formula is C13H24N2O3S2. The van der Waals surface area contributed by atoms with E-state index in [9.17, 15) is 8.42 Å². The van der Waals surface area contributed by atoms with E-state index in [1.54, 1.807) is 13.2 Å². The van der Waals surface area contributed by atoms with E-state index >= 15 is 0 Å². The molecule has 116 valence electrons. The van der Waals surface area contributed by atoms with Crippen LogP contribution in [0.2, 0.25) is 0 Å². The number of sulfonamides is 1. The number of rotatable bonds is 9. The molecule has 5 nitrogen and oxygen atoms in total. The molecule has 0 aromatic carbocycles. The SMILES string of the molecule is CCC(COC)NS(=O)(=O)c1cc(CNC(C)C)cs1. The molecule has 1 heterocycles. The first-order valence-electron chi connectivity index (χ1n) is 6.71. The topological polar surface area (TPSA) is 67.4 Å². The van der Waals surface area contributed by atoms with Gasteiger partial charge in [0.1, 0.15) is 4.21 Å². The molecule has 0 saturated carbocycles. The third kappa shape index (κ3) is 5.49. The van der Waals surface area contributed by atoms with Crippen LogP contribution in [-0.4, -0.2) is 34.2 Å². The maximum atomic E-state index is 12.3. The molecule has 0 spiro atoms. The van der Waals surface area contributed by atoms with Gasteiger partial charge in [0.25, 0.3) is 0 Å². The van der Waals surface area contributed by atoms with Gasteiger partial charge >= 0.3 is 0 Å². The van der Waals surface area contributed by atoms with Crippen molar-refractivity contribution in [3.05, 3.63) is 17.0 Å². The van der Waals surface area contributed by atoms with Crippen LogP contribution in [-0.2, 0) is 21.3 Å². The van der Waals surface area contributed by atoms with Crippen molar-refractivity contribution in [3.8, 4) is 0 Å². The van der Waals surface area contributed by atoms with Crippen LogP contribution in [0.4, 0.5) is 0 Å². The first-order valence-corrected chi connectivity index (χ1v) is 9.07. The molecule has 0 saturated heterocycles. The Morgan fingerprint density at radius 1 is 1.40 bits per heavy atom. The Kier molecular flexibility index (Phi) is 7.11. The highest BCUT2D eigenvalue weighted by Crippen LogP contribution is 2.20. The van der Waals surface area contributed by atoms with Crippen molar-refractivity contribution in [3.63, 3.8) is 0 Å². The van der Waals surface area contributed by atoms with Gasteiger partial charge in [-0.15, -0.1) is 11.3 Å². The molecule has 0 aliphatic rings. The number of hydrogen-bond acceptors (Lipinski definition) is 5. The Balaban J connectivity index is 2.72. The molecule has 0 aliphatic heterocycles. The van der Waals surface area contributed by atoms with Gasteiger partial charge in [-0.3, -0.25) is 0 Å². The largest absolute Gasteiger partial charge is 0.383 e. The van der Waals surface area contributed by atoms with E-state index in [2.05, 4.69) is 23.9 Å². The summed E-state index contributed by atoms with van der Waals surface area (Å²) in [5.74, 6) is 0. The monoisotopic (exact) mass is 320 g/mol. The van der Waals surface area contributed by atoms with Crippen LogP contribution < -0.4 is 10.0 Å². The van der Waals surface area contributed by atoms with Gasteiger partial charge in [-0.25, -0.2) is 13.1 Å². The lowest BCUT2D eigenvalue weighted by Crippen LogP contribution is -2.37. The predicted octanol–water partition coefficient (Wildman–Crippen LogP) is 1.95. The molecular weight excluding hydrogens is 296 g/mol. The van der Waals surface area contributed by atoms with Crippen LogP contribution in [0.3, 0.4) is 0 Å². The van der Waals surface area contributed by atoms with Gasteiger partial charge < -0.3 is 10.1 Å². The first-order chi connectivity index (χ1) is 9.39. The summed E-state index contributed by atoms with van der Waals surface area (Å²) in [5, 5.41) is 5.15. The molecule has 20 heavy (non-hydrogen) atoms. The Bertz CT molecular complexity index is 497. The van der Waals surface area contributed by atoms with Gasteiger partial charge in [0.15, 0.2) is 0 Å². The summed E-state index contributed by atoms with van der Waals surface area (Å²) in [6.07, 6.45) is 0.695. The summed E-state index contributed by atoms with van der Waals surface area (Å²) < 4.78 is 32.5. The molecule has 0 aliphatic carbocycles. The lowest BCUT2D eigenvalue weighted by molar-refractivity contribution is 0.173. The smallest absolute Gasteiger partial charge is 0.250 e. The van der Waals surface area contributed by atoms with Crippen molar-refractivity contribution in [2.75, 3.05) is 13.7 Å². The van der Waals surface area contributed by atoms with E-state index in [-0.39, 0.29) is 6.04 Å². The van der Waals surface area contributed by atoms with Crippen LogP contribution in [0.25, 0.3) is 0 Å². The van der Waals surface area contributed by atoms with Crippen molar-refractivity contribution >= 4 is 21.4 Å². The van der Waals surface area contributed by atoms with Crippen LogP contribution in [0.5, 0.6) is 0 Å². The highest BCUT2D eigenvalue weighted by molar-refractivity contribution is 7.91. The first kappa shape index (κ1) is 17.6. The Morgan fingerprint density at radius 3 is 2.65 bits per heavy atom. The fourth-order valence-corrected chi connectivity index (χ4v) is 4.15. The average Bonchev–Trinajstić information content (AvgIpc) is 2.85. The lowest BCUT2D eigenvalue weighted by atomic mass is 10.3. The van der Waals surface area contributed by atoms with E-state index in [1.165, 1.54) is 11.3 Å². The molecule has 1 unspecified atom stereocenters. The second-order valence-electron chi connectivity index (χ2n) is 4.99. The van der Waals surface area contributed by atoms with Crippen LogP contribution >= 0.6 is 11.3 Å². The van der Waals surface area contributed by atoms with Gasteiger partial charge in [0.05, 0.1) is 6.61 Å². The number of nitrogens with one attached hydrogen (secondary N) is 2. The minimum Gasteiger partial charge on any atom is -0.383 e. The molecule has 0 radical (unpaired) electrons. The zero-order chi connectivity index (χ0) is 15.2. The molecule has 0 amide bonds. The number of thiophene rings is 1. The van der Waals surface area contributed by atoms with Gasteiger partial charge in [-0.2, -0.15) is 0 Å². The number of methoxy groups -OCH3 is 1. The van der Waals surface area contributed by atoms with Crippen molar-refractivity contribution in [1.29, 1.82) is 0 Å². The summed E-state index contributed by atoms with van der Waals surface area (Å²) in [7, 11) is -1.88. The number of ether oxygens (including phenoxy) is 1. The lowest BCUT2D eigenvalue weighted by Gasteiger charge is -2.15. The predicted molar refractivity (Wildman–Crippen MR) is 82.6 cm³/mol. The summed E-state index contributed by atoms with van der Waals surface area (Å²) in [5.41, 5.74) is 0.990. The molecule has 1 rings (SSSR count). The molecule has 1 aromatic heterocycles. The Hall–Kier alpha value is -0.470. The average molecular weight is 320 g/mol. The fourth-order valence-electron chi connectivity index (χ4n) is 1.62. The normalized spacial score (nSPS) is 13.8. The van der Waals surface area contributed by atoms with E-state index < -0.39 is 10.0 Å². The zero-order valence-electron chi connectivity index (χ0n) is 12.5. The van der Waals surface area contributed by atoms with E-state index in [4.69, 9.17) is 4.74 Å². The maximum Gasteiger partial charge on any atom is 0.250 e. The van der Waals surface area contributed by atoms with Gasteiger partial charge in [-0.1, -0.05) is 20.8 Å². The third-order valence-corrected chi connectivity index (χ3v) is 5.80. The van der Waals surface area contributed by atoms with E-state index in [0.717, 1.165) is 5.56 Å². The van der Waals surface area contributed by atoms with Crippen LogP contribution in [0.15, 0.2) is 15.7 Å². The van der Waals surface area contributed by atoms with Crippen LogP contribution in [0, 0.1) is 0 Å². The van der Waals surface area contributed by atoms with Crippen molar-refractivity contribution in [1.82, 2.24) is 10.0 Å². The number of hydrogen-bond donors (Lipinski definition) is 2. The summed E-state index contributed by atoms with van der Waals surface area (Å²) in [6, 6.07) is 1.91. The standard InChI is InChI=1S/C13H24N2O3S2/c1-5-12(8-18-4)15-20(16,17)13-6-11(9-19-13)7-14-10(2)3/h6,9-10,12,14-15H,5,7-8H2,1-4H3. The minimum absolute atomic E-state index is 0.190. The fraction of sp³-hybridized carbons (Fsp3) is 0.692. The summed E-state index contributed by atoms with van der Waals surface area (Å²) in [4.78, 5) is 0. The summed E-state index contributed by atoms with van der Waals surface area (Å²) >= 11 is 1.25. The molecule has 2 N–H and O–H groups in total. The van der Waals surface area contributed by atoms with Crippen molar-refractivity contribution < 1.29 is 13.2 Å². The highest BCUT2D eigenvalue weighted by atomic mass is 32.2. The highest BCUT2D eigenvalue weighted by Gasteiger charge is 2.20. The van der Waals surface area contributed by atoms with Crippen molar-refractivity contribution in [2.24, 2.45) is 0 Å². The van der Waals surface area contributed by atoms with Gasteiger partial charge in [0, 0.05) is 25.7 Å². The maximum absolute atomic E-state index is 12.3. The molecule has 1 aromatic rings. The molecule has 7 heteroatoms. The van der Waals surface area contributed by atoms with E-state index in [1.807, 2.05) is 12.3 Å². The second kappa shape index (κ2) is 8.09. The van der Waals surface area contributed by atoms with E-state index in [0.29, 0.717) is 29.8 Å². The van der Waals surface area contributed by atoms with Crippen molar-refractivity contribution in [2.45, 2.75) is 50.0 Å². The Labute approximate surface area is 125 Å². The quantitative estimate of drug-likeness (QED) is 0.730. The molecule has 1 atom stereocenters. The zero-order valence-corrected chi connectivity index (χ0v) is 14.1. The second-order valence-corrected chi connectivity index (χ2v) is 7.84. The van der Waals surface area contributed by atoms with Crippen LogP contribution in [0.1, 0.15) is 32.8 Å². The Morgan fingerprint density at radius 2 is 2.10 bits per heavy atom. The van der Waals surface area contributed by atoms with Gasteiger partial charge in [0.2, 0.25) is 10.0 Å². The molecule has 0 bridgehead atoms.